The maximum Gasteiger partial charge on any atom is 0.255 e. The van der Waals surface area contributed by atoms with E-state index in [9.17, 15) is 4.79 Å². The van der Waals surface area contributed by atoms with Crippen LogP contribution in [0, 0.1) is 0 Å². The van der Waals surface area contributed by atoms with E-state index in [-0.39, 0.29) is 5.91 Å². The van der Waals surface area contributed by atoms with E-state index < -0.39 is 6.04 Å². The summed E-state index contributed by atoms with van der Waals surface area (Å²) in [7, 11) is 0. The number of carbonyl (C=O) groups excluding carboxylic acids is 1. The summed E-state index contributed by atoms with van der Waals surface area (Å²) in [6, 6.07) is 24.5. The van der Waals surface area contributed by atoms with Crippen molar-refractivity contribution < 1.29 is 9.53 Å². The van der Waals surface area contributed by atoms with Crippen molar-refractivity contribution in [3.8, 4) is 5.75 Å². The van der Waals surface area contributed by atoms with E-state index in [0.717, 1.165) is 11.3 Å². The largest absolute Gasteiger partial charge is 0.492 e. The van der Waals surface area contributed by atoms with Crippen molar-refractivity contribution in [1.29, 1.82) is 0 Å². The summed E-state index contributed by atoms with van der Waals surface area (Å²) in [5, 5.41) is 12.4. The zero-order chi connectivity index (χ0) is 25.8. The molecule has 2 heterocycles. The van der Waals surface area contributed by atoms with Gasteiger partial charge in [-0.1, -0.05) is 78.0 Å². The van der Waals surface area contributed by atoms with E-state index in [4.69, 9.17) is 26.4 Å². The molecule has 0 bridgehead atoms. The zero-order valence-corrected chi connectivity index (χ0v) is 22.0. The van der Waals surface area contributed by atoms with Crippen LogP contribution in [0.5, 0.6) is 5.75 Å². The van der Waals surface area contributed by atoms with Crippen LogP contribution >= 0.6 is 23.4 Å². The van der Waals surface area contributed by atoms with E-state index >= 15 is 0 Å². The van der Waals surface area contributed by atoms with Crippen LogP contribution in [0.1, 0.15) is 31.0 Å². The number of nitrogens with zero attached hydrogens (tertiary/aromatic N) is 3. The molecule has 7 nitrogen and oxygen atoms in total. The molecule has 4 aromatic rings. The normalized spacial score (nSPS) is 14.6. The number of fused-ring (bicyclic) bond motifs is 1. The number of carbonyl (C=O) groups is 1. The van der Waals surface area contributed by atoms with Crippen LogP contribution in [0.15, 0.2) is 95.3 Å². The van der Waals surface area contributed by atoms with E-state index in [1.807, 2.05) is 80.6 Å². The molecule has 0 spiro atoms. The minimum Gasteiger partial charge on any atom is -0.492 e. The standard InChI is InChI=1S/C28H26ClN5O2S/c1-3-36-23-12-8-7-11-22(23)31-26(35)24-18(2)30-27-32-28(37-17-19-9-5-4-6-10-19)33-34(27)25(24)20-13-15-21(29)16-14-20/h4-16,25H,3,17H2,1-2H3,(H,31,35)(H,30,32,33). The maximum absolute atomic E-state index is 13.8. The Morgan fingerprint density at radius 1 is 1.08 bits per heavy atom. The quantitative estimate of drug-likeness (QED) is 0.251. The lowest BCUT2D eigenvalue weighted by Crippen LogP contribution is -2.31. The fourth-order valence-electron chi connectivity index (χ4n) is 4.20. The van der Waals surface area contributed by atoms with Crippen LogP contribution < -0.4 is 15.4 Å². The predicted octanol–water partition coefficient (Wildman–Crippen LogP) is 6.55. The number of nitrogens with one attached hydrogen (secondary N) is 2. The van der Waals surface area contributed by atoms with Crippen molar-refractivity contribution in [3.63, 3.8) is 0 Å². The molecule has 1 amide bonds. The molecule has 0 saturated heterocycles. The van der Waals surface area contributed by atoms with Crippen LogP contribution in [0.3, 0.4) is 0 Å². The summed E-state index contributed by atoms with van der Waals surface area (Å²) in [6.07, 6.45) is 0. The number of rotatable bonds is 8. The Bertz CT molecular complexity index is 1440. The lowest BCUT2D eigenvalue weighted by atomic mass is 9.95. The lowest BCUT2D eigenvalue weighted by molar-refractivity contribution is -0.113. The van der Waals surface area contributed by atoms with Crippen molar-refractivity contribution in [2.75, 3.05) is 17.2 Å². The highest BCUT2D eigenvalue weighted by molar-refractivity contribution is 7.98. The average molecular weight is 532 g/mol. The number of hydrogen-bond donors (Lipinski definition) is 2. The van der Waals surface area contributed by atoms with E-state index in [1.54, 1.807) is 16.4 Å². The van der Waals surface area contributed by atoms with Crippen molar-refractivity contribution in [3.05, 3.63) is 106 Å². The van der Waals surface area contributed by atoms with Gasteiger partial charge in [0.05, 0.1) is 17.9 Å². The Morgan fingerprint density at radius 3 is 2.57 bits per heavy atom. The third-order valence-corrected chi connectivity index (χ3v) is 7.07. The summed E-state index contributed by atoms with van der Waals surface area (Å²) in [6.45, 7) is 4.28. The molecule has 0 saturated carbocycles. The van der Waals surface area contributed by atoms with Crippen molar-refractivity contribution >= 4 is 40.9 Å². The highest BCUT2D eigenvalue weighted by Crippen LogP contribution is 2.38. The van der Waals surface area contributed by atoms with Gasteiger partial charge in [-0.05, 0) is 49.2 Å². The number of ether oxygens (including phenoxy) is 1. The summed E-state index contributed by atoms with van der Waals surface area (Å²) < 4.78 is 7.48. The second-order valence-corrected chi connectivity index (χ2v) is 9.82. The Hall–Kier alpha value is -3.75. The molecule has 0 radical (unpaired) electrons. The molecule has 37 heavy (non-hydrogen) atoms. The number of para-hydroxylation sites is 2. The Kier molecular flexibility index (Phi) is 7.48. The van der Waals surface area contributed by atoms with Gasteiger partial charge >= 0.3 is 0 Å². The van der Waals surface area contributed by atoms with Gasteiger partial charge in [-0.3, -0.25) is 4.79 Å². The van der Waals surface area contributed by atoms with Crippen molar-refractivity contribution in [1.82, 2.24) is 14.8 Å². The summed E-state index contributed by atoms with van der Waals surface area (Å²) in [5.41, 5.74) is 3.90. The number of benzene rings is 3. The second kappa shape index (κ2) is 11.1. The topological polar surface area (TPSA) is 81.1 Å². The number of halogens is 1. The van der Waals surface area contributed by atoms with Gasteiger partial charge in [-0.25, -0.2) is 4.68 Å². The maximum atomic E-state index is 13.8. The number of thioether (sulfide) groups is 1. The molecule has 1 aliphatic rings. The van der Waals surface area contributed by atoms with Gasteiger partial charge in [0, 0.05) is 16.5 Å². The molecular formula is C28H26ClN5O2S. The highest BCUT2D eigenvalue weighted by Gasteiger charge is 2.34. The SMILES string of the molecule is CCOc1ccccc1NC(=O)C1=C(C)Nc2nc(SCc3ccccc3)nn2C1c1ccc(Cl)cc1. The molecule has 0 fully saturated rings. The van der Waals surface area contributed by atoms with Gasteiger partial charge < -0.3 is 15.4 Å². The Labute approximate surface area is 224 Å². The lowest BCUT2D eigenvalue weighted by Gasteiger charge is -2.28. The first kappa shape index (κ1) is 24.9. The number of allylic oxidation sites excluding steroid dienone is 1. The molecule has 2 N–H and O–H groups in total. The fourth-order valence-corrected chi connectivity index (χ4v) is 5.11. The average Bonchev–Trinajstić information content (AvgIpc) is 3.31. The molecule has 1 atom stereocenters. The number of aromatic nitrogens is 3. The van der Waals surface area contributed by atoms with Crippen molar-refractivity contribution in [2.45, 2.75) is 30.8 Å². The van der Waals surface area contributed by atoms with Crippen LogP contribution in [-0.2, 0) is 10.5 Å². The summed E-state index contributed by atoms with van der Waals surface area (Å²) in [4.78, 5) is 18.5. The minimum atomic E-state index is -0.494. The minimum absolute atomic E-state index is 0.253. The number of amides is 1. The summed E-state index contributed by atoms with van der Waals surface area (Å²) >= 11 is 7.73. The van der Waals surface area contributed by atoms with Crippen LogP contribution in [0.4, 0.5) is 11.6 Å². The van der Waals surface area contributed by atoms with Gasteiger partial charge in [0.25, 0.3) is 5.91 Å². The first-order chi connectivity index (χ1) is 18.0. The zero-order valence-electron chi connectivity index (χ0n) is 20.4. The second-order valence-electron chi connectivity index (χ2n) is 8.44. The van der Waals surface area contributed by atoms with Crippen LogP contribution in [0.25, 0.3) is 0 Å². The van der Waals surface area contributed by atoms with Crippen LogP contribution in [-0.4, -0.2) is 27.3 Å². The van der Waals surface area contributed by atoms with Crippen molar-refractivity contribution in [2.24, 2.45) is 0 Å². The smallest absolute Gasteiger partial charge is 0.255 e. The van der Waals surface area contributed by atoms with Gasteiger partial charge in [0.15, 0.2) is 0 Å². The number of anilines is 2. The van der Waals surface area contributed by atoms with Gasteiger partial charge in [-0.15, -0.1) is 5.10 Å². The van der Waals surface area contributed by atoms with Crippen LogP contribution in [0.2, 0.25) is 5.02 Å². The first-order valence-electron chi connectivity index (χ1n) is 11.9. The van der Waals surface area contributed by atoms with Gasteiger partial charge in [0.2, 0.25) is 11.1 Å². The molecule has 5 rings (SSSR count). The van der Waals surface area contributed by atoms with Gasteiger partial charge in [-0.2, -0.15) is 4.98 Å². The van der Waals surface area contributed by atoms with E-state index in [2.05, 4.69) is 22.8 Å². The Balaban J connectivity index is 1.49. The predicted molar refractivity (Wildman–Crippen MR) is 148 cm³/mol. The Morgan fingerprint density at radius 2 is 1.81 bits per heavy atom. The molecule has 9 heteroatoms. The molecular weight excluding hydrogens is 506 g/mol. The molecule has 1 aromatic heterocycles. The first-order valence-corrected chi connectivity index (χ1v) is 13.3. The molecule has 1 aliphatic heterocycles. The third-order valence-electron chi connectivity index (χ3n) is 5.91. The molecule has 0 aliphatic carbocycles. The van der Waals surface area contributed by atoms with E-state index in [1.165, 1.54) is 5.56 Å². The third kappa shape index (κ3) is 5.50. The monoisotopic (exact) mass is 531 g/mol. The van der Waals surface area contributed by atoms with Gasteiger partial charge in [0.1, 0.15) is 11.8 Å². The molecule has 188 valence electrons. The molecule has 3 aromatic carbocycles. The fraction of sp³-hybridized carbons (Fsp3) is 0.179. The van der Waals surface area contributed by atoms with E-state index in [0.29, 0.717) is 45.4 Å². The highest BCUT2D eigenvalue weighted by atomic mass is 35.5. The summed E-state index contributed by atoms with van der Waals surface area (Å²) in [5.74, 6) is 1.68. The molecule has 1 unspecified atom stereocenters. The number of hydrogen-bond acceptors (Lipinski definition) is 6.